The third-order valence-electron chi connectivity index (χ3n) is 5.93. The molecule has 1 aromatic carbocycles. The van der Waals surface area contributed by atoms with E-state index in [0.29, 0.717) is 26.1 Å². The van der Waals surface area contributed by atoms with E-state index in [1.807, 2.05) is 12.1 Å². The van der Waals surface area contributed by atoms with E-state index in [4.69, 9.17) is 29.9 Å². The lowest BCUT2D eigenvalue weighted by molar-refractivity contribution is -0.141. The van der Waals surface area contributed by atoms with Crippen molar-refractivity contribution in [1.29, 1.82) is 0 Å². The Balaban J connectivity index is 1.76. The largest absolute Gasteiger partial charge is 0.493 e. The Morgan fingerprint density at radius 1 is 1.41 bits per heavy atom. The van der Waals surface area contributed by atoms with Crippen LogP contribution in [0.2, 0.25) is 0 Å². The smallest absolute Gasteiger partial charge is 0.302 e. The second-order valence-electron chi connectivity index (χ2n) is 8.82. The number of rotatable bonds is 10. The van der Waals surface area contributed by atoms with Crippen LogP contribution in [0, 0.1) is 5.92 Å². The molecule has 3 unspecified atom stereocenters. The first-order valence-corrected chi connectivity index (χ1v) is 15.9. The number of carbonyl (C=O) groups is 1. The summed E-state index contributed by atoms with van der Waals surface area (Å²) < 4.78 is 22.6. The molecule has 0 aliphatic carbocycles. The minimum atomic E-state index is -0.468. The fourth-order valence-electron chi connectivity index (χ4n) is 4.07. The quantitative estimate of drug-likeness (QED) is 0.152. The zero-order valence-corrected chi connectivity index (χ0v) is 24.7. The van der Waals surface area contributed by atoms with Crippen LogP contribution >= 0.6 is 32.8 Å². The summed E-state index contributed by atoms with van der Waals surface area (Å²) in [5.74, 6) is 2.50. The molecule has 0 saturated carbocycles. The van der Waals surface area contributed by atoms with E-state index in [-0.39, 0.29) is 17.3 Å². The van der Waals surface area contributed by atoms with Gasteiger partial charge in [-0.15, -0.1) is 11.8 Å². The Bertz CT molecular complexity index is 993. The van der Waals surface area contributed by atoms with Gasteiger partial charge in [-0.25, -0.2) is 0 Å². The number of amidine groups is 1. The van der Waals surface area contributed by atoms with Crippen LogP contribution in [0.3, 0.4) is 0 Å². The topological polar surface area (TPSA) is 120 Å². The van der Waals surface area contributed by atoms with Gasteiger partial charge in [-0.2, -0.15) is 0 Å². The average molecular weight is 644 g/mol. The molecule has 1 saturated heterocycles. The summed E-state index contributed by atoms with van der Waals surface area (Å²) in [4.78, 5) is 20.9. The fraction of sp³-hybridized carbons (Fsp3) is 0.538. The first kappa shape index (κ1) is 29.6. The monoisotopic (exact) mass is 643 g/mol. The normalized spacial score (nSPS) is 25.9. The SMILES string of the molecule is CCC1C(=N/C=C\N)CC(C)(c2ccc(OCCCOC(C)=O)cc2)N=C1NI=CC1OCCNCS1. The minimum absolute atomic E-state index is 0.0980. The van der Waals surface area contributed by atoms with Gasteiger partial charge in [-0.3, -0.25) is 14.8 Å². The molecular weight excluding hydrogens is 605 g/mol. The summed E-state index contributed by atoms with van der Waals surface area (Å²) in [5.41, 5.74) is 7.41. The highest BCUT2D eigenvalue weighted by molar-refractivity contribution is 14.2. The second kappa shape index (κ2) is 15.5. The van der Waals surface area contributed by atoms with Gasteiger partial charge in [0, 0.05) is 54.3 Å². The van der Waals surface area contributed by atoms with Gasteiger partial charge in [-0.1, -0.05) is 19.1 Å². The van der Waals surface area contributed by atoms with Crippen molar-refractivity contribution in [2.75, 3.05) is 32.2 Å². The maximum Gasteiger partial charge on any atom is 0.302 e. The molecule has 2 heterocycles. The van der Waals surface area contributed by atoms with Crippen LogP contribution in [0.25, 0.3) is 0 Å². The molecule has 2 aliphatic heterocycles. The number of nitrogens with zero attached hydrogens (tertiary/aromatic N) is 2. The van der Waals surface area contributed by atoms with Crippen molar-refractivity contribution >= 4 is 54.3 Å². The van der Waals surface area contributed by atoms with E-state index in [1.54, 1.807) is 18.0 Å². The van der Waals surface area contributed by atoms with Gasteiger partial charge in [0.05, 0.1) is 31.3 Å². The highest BCUT2D eigenvalue weighted by Crippen LogP contribution is 2.37. The number of halogens is 1. The number of hydrogen-bond acceptors (Lipinski definition) is 10. The lowest BCUT2D eigenvalue weighted by Crippen LogP contribution is -2.42. The highest BCUT2D eigenvalue weighted by atomic mass is 127. The van der Waals surface area contributed by atoms with Gasteiger partial charge in [0.15, 0.2) is 0 Å². The predicted octanol–water partition coefficient (Wildman–Crippen LogP) is 3.85. The van der Waals surface area contributed by atoms with Crippen molar-refractivity contribution in [2.45, 2.75) is 51.0 Å². The van der Waals surface area contributed by atoms with E-state index in [2.05, 4.69) is 38.8 Å². The molecule has 0 amide bonds. The molecule has 3 rings (SSSR count). The number of thioether (sulfide) groups is 1. The Hall–Kier alpha value is -1.96. The Morgan fingerprint density at radius 3 is 2.95 bits per heavy atom. The van der Waals surface area contributed by atoms with Crippen LogP contribution in [0.1, 0.15) is 45.6 Å². The summed E-state index contributed by atoms with van der Waals surface area (Å²) in [6.45, 7) is 8.17. The molecule has 3 atom stereocenters. The highest BCUT2D eigenvalue weighted by Gasteiger charge is 2.37. The van der Waals surface area contributed by atoms with Crippen LogP contribution in [-0.4, -0.2) is 59.2 Å². The van der Waals surface area contributed by atoms with Crippen molar-refractivity contribution in [3.63, 3.8) is 0 Å². The van der Waals surface area contributed by atoms with Gasteiger partial charge in [0.1, 0.15) is 17.0 Å². The van der Waals surface area contributed by atoms with Crippen LogP contribution in [0.15, 0.2) is 46.7 Å². The molecule has 0 radical (unpaired) electrons. The number of hydrogen-bond donors (Lipinski definition) is 3. The number of nitrogens with one attached hydrogen (secondary N) is 2. The number of ether oxygens (including phenoxy) is 3. The fourth-order valence-corrected chi connectivity index (χ4v) is 7.23. The summed E-state index contributed by atoms with van der Waals surface area (Å²) in [7, 11) is 0. The summed E-state index contributed by atoms with van der Waals surface area (Å²) in [5, 5.41) is 3.34. The molecule has 1 fully saturated rings. The molecule has 4 N–H and O–H groups in total. The maximum atomic E-state index is 10.9. The van der Waals surface area contributed by atoms with Gasteiger partial charge in [0.2, 0.25) is 0 Å². The third-order valence-corrected chi connectivity index (χ3v) is 9.26. The van der Waals surface area contributed by atoms with Crippen LogP contribution in [0.4, 0.5) is 0 Å². The number of benzene rings is 1. The van der Waals surface area contributed by atoms with E-state index in [1.165, 1.54) is 13.1 Å². The molecule has 0 aromatic heterocycles. The summed E-state index contributed by atoms with van der Waals surface area (Å²) in [6.07, 6.45) is 5.39. The van der Waals surface area contributed by atoms with Crippen molar-refractivity contribution in [2.24, 2.45) is 21.6 Å². The lowest BCUT2D eigenvalue weighted by atomic mass is 9.79. The number of esters is 1. The molecule has 1 aromatic rings. The van der Waals surface area contributed by atoms with Gasteiger partial charge < -0.3 is 28.8 Å². The van der Waals surface area contributed by atoms with Crippen molar-refractivity contribution in [3.05, 3.63) is 42.2 Å². The Morgan fingerprint density at radius 2 is 2.22 bits per heavy atom. The van der Waals surface area contributed by atoms with Gasteiger partial charge in [0.25, 0.3) is 0 Å². The zero-order chi connectivity index (χ0) is 26.5. The number of nitrogens with two attached hydrogens (primary N) is 1. The van der Waals surface area contributed by atoms with Crippen molar-refractivity contribution in [1.82, 2.24) is 8.85 Å². The standard InChI is InChI=1S/C26H38IN5O4S/c1-4-22-23(30-11-10-28)16-26(3,31-25(22)32-27-17-24-36-15-12-29-18-37-24)20-6-8-21(9-7-20)35-14-5-13-34-19(2)33/h6-11,17,22,24,29H,4-5,12-16,18,28H2,1-3H3,(H,31,32)/b11-10-,30-23?. The maximum absolute atomic E-state index is 10.9. The molecule has 204 valence electrons. The molecular formula is C26H38IN5O4S. The van der Waals surface area contributed by atoms with Crippen molar-refractivity contribution in [3.8, 4) is 5.75 Å². The molecule has 0 bridgehead atoms. The first-order chi connectivity index (χ1) is 17.9. The van der Waals surface area contributed by atoms with E-state index < -0.39 is 26.5 Å². The zero-order valence-electron chi connectivity index (χ0n) is 21.7. The van der Waals surface area contributed by atoms with Crippen LogP contribution in [0.5, 0.6) is 5.75 Å². The Labute approximate surface area is 234 Å². The first-order valence-electron chi connectivity index (χ1n) is 12.5. The van der Waals surface area contributed by atoms with E-state index in [9.17, 15) is 4.79 Å². The summed E-state index contributed by atoms with van der Waals surface area (Å²) >= 11 is 1.31. The molecule has 11 heteroatoms. The number of aliphatic imine (C=N–C) groups is 2. The lowest BCUT2D eigenvalue weighted by Gasteiger charge is -2.36. The summed E-state index contributed by atoms with van der Waals surface area (Å²) in [6, 6.07) is 8.06. The van der Waals surface area contributed by atoms with E-state index >= 15 is 0 Å². The molecule has 37 heavy (non-hydrogen) atoms. The molecule has 9 nitrogen and oxygen atoms in total. The Kier molecular flexibility index (Phi) is 12.4. The third kappa shape index (κ3) is 9.38. The second-order valence-corrected chi connectivity index (χ2v) is 11.8. The molecule has 0 spiro atoms. The van der Waals surface area contributed by atoms with Gasteiger partial charge in [-0.05, 0) is 52.0 Å². The van der Waals surface area contributed by atoms with Gasteiger partial charge >= 0.3 is 5.97 Å². The predicted molar refractivity (Wildman–Crippen MR) is 161 cm³/mol. The minimum Gasteiger partial charge on any atom is -0.493 e. The average Bonchev–Trinajstić information content (AvgIpc) is 3.16. The van der Waals surface area contributed by atoms with Crippen LogP contribution < -0.4 is 19.3 Å². The van der Waals surface area contributed by atoms with Crippen molar-refractivity contribution < 1.29 is 19.0 Å². The van der Waals surface area contributed by atoms with E-state index in [0.717, 1.165) is 48.3 Å². The van der Waals surface area contributed by atoms with Crippen LogP contribution in [-0.2, 0) is 19.8 Å². The number of carbonyl (C=O) groups excluding carboxylic acids is 1. The molecule has 2 aliphatic rings.